The topological polar surface area (TPSA) is 42.7 Å². The molecule has 1 aromatic heterocycles. The second-order valence-corrected chi connectivity index (χ2v) is 11.6. The Morgan fingerprint density at radius 1 is 1.19 bits per heavy atom. The van der Waals surface area contributed by atoms with Crippen LogP contribution in [0.25, 0.3) is 11.0 Å². The van der Waals surface area contributed by atoms with Crippen molar-refractivity contribution in [2.45, 2.75) is 41.0 Å². The Bertz CT molecular complexity index is 911. The van der Waals surface area contributed by atoms with E-state index in [1.165, 1.54) is 11.8 Å². The zero-order chi connectivity index (χ0) is 23.6. The normalized spacial score (nSPS) is 11.9. The fourth-order valence-corrected chi connectivity index (χ4v) is 5.90. The molecule has 7 heteroatoms. The standard InChI is InChI=1S/C25H37NO3S3/c1-6-26(21-17-23(30)29-22-10-8-7-9-20(21)22)11-12-28-13-14-31-15-16-32-24(27)25(4,5)18-19(2)3/h7-10,17,19H,6,11-16,18H2,1-5H3. The molecule has 0 amide bonds. The number of hydrogen-bond donors (Lipinski definition) is 0. The van der Waals surface area contributed by atoms with Gasteiger partial charge in [-0.1, -0.05) is 51.6 Å². The van der Waals surface area contributed by atoms with Gasteiger partial charge in [-0.2, -0.15) is 11.8 Å². The summed E-state index contributed by atoms with van der Waals surface area (Å²) in [5, 5.41) is 1.38. The van der Waals surface area contributed by atoms with Crippen molar-refractivity contribution in [3.63, 3.8) is 0 Å². The summed E-state index contributed by atoms with van der Waals surface area (Å²) in [4.78, 5) is 14.7. The van der Waals surface area contributed by atoms with Crippen LogP contribution in [0, 0.1) is 16.0 Å². The fourth-order valence-electron chi connectivity index (χ4n) is 3.79. The quantitative estimate of drug-likeness (QED) is 0.205. The molecule has 32 heavy (non-hydrogen) atoms. The van der Waals surface area contributed by atoms with E-state index >= 15 is 0 Å². The molecule has 0 aliphatic rings. The van der Waals surface area contributed by atoms with Gasteiger partial charge in [-0.3, -0.25) is 4.79 Å². The number of carbonyl (C=O) groups excluding carboxylic acids is 1. The first-order valence-corrected chi connectivity index (χ1v) is 13.9. The Morgan fingerprint density at radius 2 is 1.94 bits per heavy atom. The number of ether oxygens (including phenoxy) is 1. The van der Waals surface area contributed by atoms with Crippen molar-refractivity contribution in [3.8, 4) is 0 Å². The summed E-state index contributed by atoms with van der Waals surface area (Å²) in [6.07, 6.45) is 0.940. The molecule has 2 aromatic rings. The van der Waals surface area contributed by atoms with Crippen LogP contribution in [-0.4, -0.2) is 48.7 Å². The summed E-state index contributed by atoms with van der Waals surface area (Å²) in [6, 6.07) is 9.92. The number of hydrogen-bond acceptors (Lipinski definition) is 7. The lowest BCUT2D eigenvalue weighted by atomic mass is 9.85. The van der Waals surface area contributed by atoms with Crippen molar-refractivity contribution < 1.29 is 13.9 Å². The molecule has 1 heterocycles. The highest BCUT2D eigenvalue weighted by atomic mass is 32.2. The number of para-hydroxylation sites is 1. The van der Waals surface area contributed by atoms with E-state index in [1.54, 1.807) is 0 Å². The van der Waals surface area contributed by atoms with E-state index in [-0.39, 0.29) is 5.41 Å². The molecule has 0 unspecified atom stereocenters. The van der Waals surface area contributed by atoms with Crippen molar-refractivity contribution in [1.82, 2.24) is 0 Å². The molecule has 0 N–H and O–H groups in total. The Balaban J connectivity index is 1.66. The highest BCUT2D eigenvalue weighted by molar-refractivity contribution is 8.14. The SMILES string of the molecule is CCN(CCOCCSCCSC(=O)C(C)(C)CC(C)C)c1cc(=S)oc2ccccc12. The first kappa shape index (κ1) is 27.2. The lowest BCUT2D eigenvalue weighted by molar-refractivity contribution is -0.118. The maximum Gasteiger partial charge on any atom is 0.194 e. The summed E-state index contributed by atoms with van der Waals surface area (Å²) >= 11 is 8.63. The van der Waals surface area contributed by atoms with E-state index in [9.17, 15) is 4.79 Å². The molecule has 0 saturated heterocycles. The van der Waals surface area contributed by atoms with Gasteiger partial charge in [-0.15, -0.1) is 0 Å². The molecule has 178 valence electrons. The molecule has 4 nitrogen and oxygen atoms in total. The van der Waals surface area contributed by atoms with E-state index in [0.717, 1.165) is 60.0 Å². The van der Waals surface area contributed by atoms with E-state index in [1.807, 2.05) is 36.0 Å². The highest BCUT2D eigenvalue weighted by Gasteiger charge is 2.28. The minimum atomic E-state index is -0.234. The van der Waals surface area contributed by atoms with Crippen molar-refractivity contribution in [2.24, 2.45) is 11.3 Å². The second-order valence-electron chi connectivity index (χ2n) is 8.87. The van der Waals surface area contributed by atoms with Crippen LogP contribution in [0.15, 0.2) is 34.7 Å². The van der Waals surface area contributed by atoms with Crippen LogP contribution in [0.5, 0.6) is 0 Å². The smallest absolute Gasteiger partial charge is 0.194 e. The number of nitrogens with zero attached hydrogens (tertiary/aromatic N) is 1. The third-order valence-corrected chi connectivity index (χ3v) is 7.79. The molecule has 1 aromatic carbocycles. The molecule has 0 aliphatic heterocycles. The van der Waals surface area contributed by atoms with Crippen LogP contribution in [0.4, 0.5) is 5.69 Å². The maximum absolute atomic E-state index is 12.4. The van der Waals surface area contributed by atoms with Crippen molar-refractivity contribution in [1.29, 1.82) is 0 Å². The van der Waals surface area contributed by atoms with E-state index in [0.29, 0.717) is 22.3 Å². The molecule has 0 aliphatic carbocycles. The first-order chi connectivity index (χ1) is 15.2. The number of anilines is 1. The van der Waals surface area contributed by atoms with Gasteiger partial charge in [0, 0.05) is 47.2 Å². The summed E-state index contributed by atoms with van der Waals surface area (Å²) in [5.41, 5.74) is 1.68. The predicted octanol–water partition coefficient (Wildman–Crippen LogP) is 7.07. The number of carbonyl (C=O) groups is 1. The number of rotatable bonds is 14. The minimum Gasteiger partial charge on any atom is -0.445 e. The molecular formula is C25H37NO3S3. The summed E-state index contributed by atoms with van der Waals surface area (Å²) < 4.78 is 12.0. The summed E-state index contributed by atoms with van der Waals surface area (Å²) in [6.45, 7) is 13.7. The predicted molar refractivity (Wildman–Crippen MR) is 144 cm³/mol. The number of thioether (sulfide) groups is 2. The van der Waals surface area contributed by atoms with Crippen LogP contribution < -0.4 is 4.90 Å². The average Bonchev–Trinajstić information content (AvgIpc) is 2.73. The Kier molecular flexibility index (Phi) is 11.6. The molecule has 0 bridgehead atoms. The van der Waals surface area contributed by atoms with Gasteiger partial charge >= 0.3 is 0 Å². The third kappa shape index (κ3) is 8.73. The monoisotopic (exact) mass is 495 g/mol. The third-order valence-electron chi connectivity index (χ3n) is 5.16. The van der Waals surface area contributed by atoms with Crippen LogP contribution in [0.2, 0.25) is 0 Å². The molecule has 0 fully saturated rings. The van der Waals surface area contributed by atoms with Gasteiger partial charge in [0.25, 0.3) is 0 Å². The summed E-state index contributed by atoms with van der Waals surface area (Å²) in [7, 11) is 0. The van der Waals surface area contributed by atoms with Crippen LogP contribution >= 0.6 is 35.7 Å². The molecule has 2 rings (SSSR count). The van der Waals surface area contributed by atoms with Crippen molar-refractivity contribution >= 4 is 57.5 Å². The summed E-state index contributed by atoms with van der Waals surface area (Å²) in [5.74, 6) is 3.32. The van der Waals surface area contributed by atoms with Crippen LogP contribution in [0.3, 0.4) is 0 Å². The Morgan fingerprint density at radius 3 is 2.66 bits per heavy atom. The van der Waals surface area contributed by atoms with Gasteiger partial charge in [0.15, 0.2) is 9.82 Å². The number of fused-ring (bicyclic) bond motifs is 1. The number of benzene rings is 1. The van der Waals surface area contributed by atoms with E-state index in [2.05, 4.69) is 45.6 Å². The van der Waals surface area contributed by atoms with Gasteiger partial charge in [0.2, 0.25) is 0 Å². The zero-order valence-corrected chi connectivity index (χ0v) is 22.5. The zero-order valence-electron chi connectivity index (χ0n) is 20.0. The van der Waals surface area contributed by atoms with Gasteiger partial charge in [-0.05, 0) is 43.6 Å². The van der Waals surface area contributed by atoms with E-state index in [4.69, 9.17) is 21.4 Å². The molecule has 0 radical (unpaired) electrons. The Hall–Kier alpha value is -1.02. The average molecular weight is 496 g/mol. The fraction of sp³-hybridized carbons (Fsp3) is 0.600. The minimum absolute atomic E-state index is 0.234. The second kappa shape index (κ2) is 13.6. The first-order valence-electron chi connectivity index (χ1n) is 11.3. The lowest BCUT2D eigenvalue weighted by Gasteiger charge is -2.24. The highest BCUT2D eigenvalue weighted by Crippen LogP contribution is 2.31. The molecule has 0 atom stereocenters. The Labute approximate surface area is 206 Å². The van der Waals surface area contributed by atoms with Crippen LogP contribution in [0.1, 0.15) is 41.0 Å². The lowest BCUT2D eigenvalue weighted by Crippen LogP contribution is -2.27. The van der Waals surface area contributed by atoms with Gasteiger partial charge in [0.1, 0.15) is 5.58 Å². The van der Waals surface area contributed by atoms with Gasteiger partial charge in [-0.25, -0.2) is 0 Å². The van der Waals surface area contributed by atoms with Crippen molar-refractivity contribution in [3.05, 3.63) is 35.0 Å². The largest absolute Gasteiger partial charge is 0.445 e. The molecule has 0 saturated carbocycles. The van der Waals surface area contributed by atoms with E-state index < -0.39 is 0 Å². The molecular weight excluding hydrogens is 458 g/mol. The van der Waals surface area contributed by atoms with Gasteiger partial charge in [0.05, 0.1) is 18.9 Å². The maximum atomic E-state index is 12.4. The number of likely N-dealkylation sites (N-methyl/N-ethyl adjacent to an activating group) is 1. The molecule has 0 spiro atoms. The van der Waals surface area contributed by atoms with Crippen LogP contribution in [-0.2, 0) is 9.53 Å². The van der Waals surface area contributed by atoms with Gasteiger partial charge < -0.3 is 14.1 Å². The van der Waals surface area contributed by atoms with Crippen molar-refractivity contribution in [2.75, 3.05) is 48.5 Å².